The van der Waals surface area contributed by atoms with Crippen LogP contribution in [0.2, 0.25) is 10.0 Å². The number of rotatable bonds is 4. The van der Waals surface area contributed by atoms with E-state index in [2.05, 4.69) is 5.32 Å². The third-order valence-corrected chi connectivity index (χ3v) is 6.48. The summed E-state index contributed by atoms with van der Waals surface area (Å²) in [5.74, 6) is -2.46. The van der Waals surface area contributed by atoms with Gasteiger partial charge in [-0.3, -0.25) is 9.59 Å². The second-order valence-electron chi connectivity index (χ2n) is 6.22. The van der Waals surface area contributed by atoms with E-state index in [4.69, 9.17) is 27.9 Å². The van der Waals surface area contributed by atoms with Crippen LogP contribution in [-0.2, 0) is 19.6 Å². The molecular formula is C19H15Cl2FN2O5S. The number of nitrogens with one attached hydrogen (secondary N) is 1. The molecule has 0 saturated carbocycles. The fourth-order valence-corrected chi connectivity index (χ4v) is 4.55. The largest absolute Gasteiger partial charge is 0.496 e. The van der Waals surface area contributed by atoms with E-state index in [9.17, 15) is 22.4 Å². The molecule has 7 nitrogen and oxygen atoms in total. The molecule has 0 aromatic heterocycles. The molecule has 0 unspecified atom stereocenters. The highest BCUT2D eigenvalue weighted by Crippen LogP contribution is 2.28. The van der Waals surface area contributed by atoms with Gasteiger partial charge in [-0.05, 0) is 42.5 Å². The van der Waals surface area contributed by atoms with Gasteiger partial charge in [-0.2, -0.15) is 0 Å². The van der Waals surface area contributed by atoms with E-state index in [1.165, 1.54) is 25.3 Å². The minimum absolute atomic E-state index is 0.0139. The fourth-order valence-electron chi connectivity index (χ4n) is 2.80. The molecule has 158 valence electrons. The van der Waals surface area contributed by atoms with Crippen molar-refractivity contribution in [2.24, 2.45) is 0 Å². The van der Waals surface area contributed by atoms with Gasteiger partial charge in [0, 0.05) is 27.7 Å². The second-order valence-corrected chi connectivity index (χ2v) is 8.93. The predicted octanol–water partition coefficient (Wildman–Crippen LogP) is 2.87. The number of hydrogen-bond acceptors (Lipinski definition) is 5. The van der Waals surface area contributed by atoms with Crippen molar-refractivity contribution >= 4 is 51.1 Å². The summed E-state index contributed by atoms with van der Waals surface area (Å²) in [4.78, 5) is 24.3. The SMILES string of the molecule is COc1ccc(Cl)cc1C=C1CNC(=O)CN(S(=O)(=O)c2ccc(Cl)cc2F)C1=O. The topological polar surface area (TPSA) is 92.8 Å². The van der Waals surface area contributed by atoms with E-state index < -0.39 is 39.1 Å². The molecule has 1 aliphatic rings. The molecule has 1 aliphatic heterocycles. The summed E-state index contributed by atoms with van der Waals surface area (Å²) in [6.07, 6.45) is 1.36. The number of carbonyl (C=O) groups is 2. The van der Waals surface area contributed by atoms with E-state index >= 15 is 0 Å². The van der Waals surface area contributed by atoms with Gasteiger partial charge < -0.3 is 10.1 Å². The van der Waals surface area contributed by atoms with Gasteiger partial charge in [0.25, 0.3) is 15.9 Å². The van der Waals surface area contributed by atoms with Gasteiger partial charge in [-0.25, -0.2) is 17.1 Å². The maximum absolute atomic E-state index is 14.3. The van der Waals surface area contributed by atoms with E-state index in [0.717, 1.165) is 12.1 Å². The van der Waals surface area contributed by atoms with Crippen LogP contribution in [0.5, 0.6) is 5.75 Å². The van der Waals surface area contributed by atoms with Crippen molar-refractivity contribution in [2.75, 3.05) is 20.2 Å². The molecule has 30 heavy (non-hydrogen) atoms. The summed E-state index contributed by atoms with van der Waals surface area (Å²) in [6.45, 7) is -1.03. The molecule has 0 bridgehead atoms. The predicted molar refractivity (Wildman–Crippen MR) is 109 cm³/mol. The van der Waals surface area contributed by atoms with Crippen LogP contribution in [0.4, 0.5) is 4.39 Å². The maximum atomic E-state index is 14.3. The van der Waals surface area contributed by atoms with Crippen LogP contribution in [0.3, 0.4) is 0 Å². The molecule has 2 aromatic carbocycles. The molecular weight excluding hydrogens is 458 g/mol. The quantitative estimate of drug-likeness (QED) is 0.690. The molecule has 1 heterocycles. The molecule has 2 amide bonds. The van der Waals surface area contributed by atoms with Crippen LogP contribution >= 0.6 is 23.2 Å². The normalized spacial score (nSPS) is 16.4. The van der Waals surface area contributed by atoms with Gasteiger partial charge in [0.2, 0.25) is 5.91 Å². The average molecular weight is 473 g/mol. The minimum Gasteiger partial charge on any atom is -0.496 e. The van der Waals surface area contributed by atoms with E-state index in [-0.39, 0.29) is 17.1 Å². The first-order valence-corrected chi connectivity index (χ1v) is 10.7. The molecule has 1 saturated heterocycles. The monoisotopic (exact) mass is 472 g/mol. The van der Waals surface area contributed by atoms with Crippen LogP contribution in [0, 0.1) is 5.82 Å². The van der Waals surface area contributed by atoms with Crippen molar-refractivity contribution in [1.82, 2.24) is 9.62 Å². The molecule has 11 heteroatoms. The number of halogens is 3. The molecule has 1 N–H and O–H groups in total. The number of sulfonamides is 1. The van der Waals surface area contributed by atoms with Gasteiger partial charge in [-0.1, -0.05) is 23.2 Å². The van der Waals surface area contributed by atoms with Crippen molar-refractivity contribution < 1.29 is 27.1 Å². The number of nitrogens with zero attached hydrogens (tertiary/aromatic N) is 1. The molecule has 2 aromatic rings. The number of benzene rings is 2. The molecule has 3 rings (SSSR count). The Morgan fingerprint density at radius 1 is 1.13 bits per heavy atom. The smallest absolute Gasteiger partial charge is 0.270 e. The Morgan fingerprint density at radius 2 is 1.80 bits per heavy atom. The zero-order valence-electron chi connectivity index (χ0n) is 15.5. The highest BCUT2D eigenvalue weighted by molar-refractivity contribution is 7.89. The summed E-state index contributed by atoms with van der Waals surface area (Å²) in [5.41, 5.74) is 0.346. The lowest BCUT2D eigenvalue weighted by Crippen LogP contribution is -2.40. The Labute approximate surface area is 182 Å². The average Bonchev–Trinajstić information content (AvgIpc) is 2.81. The van der Waals surface area contributed by atoms with Crippen molar-refractivity contribution in [3.63, 3.8) is 0 Å². The second kappa shape index (κ2) is 8.63. The van der Waals surface area contributed by atoms with Crippen molar-refractivity contribution in [2.45, 2.75) is 4.90 Å². The van der Waals surface area contributed by atoms with Crippen LogP contribution < -0.4 is 10.1 Å². The molecule has 0 atom stereocenters. The summed E-state index contributed by atoms with van der Waals surface area (Å²) in [6, 6.07) is 7.60. The van der Waals surface area contributed by atoms with E-state index in [1.54, 1.807) is 12.1 Å². The van der Waals surface area contributed by atoms with Gasteiger partial charge in [0.1, 0.15) is 23.0 Å². The Balaban J connectivity index is 2.09. The zero-order chi connectivity index (χ0) is 22.1. The fraction of sp³-hybridized carbons (Fsp3) is 0.158. The van der Waals surface area contributed by atoms with Crippen molar-refractivity contribution in [1.29, 1.82) is 0 Å². The molecule has 0 spiro atoms. The Hall–Kier alpha value is -2.62. The number of hydrogen-bond donors (Lipinski definition) is 1. The Morgan fingerprint density at radius 3 is 2.47 bits per heavy atom. The third kappa shape index (κ3) is 4.43. The maximum Gasteiger partial charge on any atom is 0.270 e. The molecule has 1 fully saturated rings. The van der Waals surface area contributed by atoms with Crippen LogP contribution in [0.15, 0.2) is 46.9 Å². The van der Waals surface area contributed by atoms with Crippen LogP contribution in [0.25, 0.3) is 6.08 Å². The summed E-state index contributed by atoms with van der Waals surface area (Å²) >= 11 is 11.7. The summed E-state index contributed by atoms with van der Waals surface area (Å²) in [5, 5.41) is 2.80. The van der Waals surface area contributed by atoms with Gasteiger partial charge in [0.15, 0.2) is 0 Å². The Bertz CT molecular complexity index is 1170. The number of ether oxygens (including phenoxy) is 1. The highest BCUT2D eigenvalue weighted by atomic mass is 35.5. The van der Waals surface area contributed by atoms with Gasteiger partial charge >= 0.3 is 0 Å². The first-order chi connectivity index (χ1) is 14.1. The van der Waals surface area contributed by atoms with E-state index in [0.29, 0.717) is 20.6 Å². The van der Waals surface area contributed by atoms with E-state index in [1.807, 2.05) is 0 Å². The lowest BCUT2D eigenvalue weighted by Gasteiger charge is -2.20. The first-order valence-electron chi connectivity index (χ1n) is 8.46. The first kappa shape index (κ1) is 22.1. The highest BCUT2D eigenvalue weighted by Gasteiger charge is 2.37. The summed E-state index contributed by atoms with van der Waals surface area (Å²) in [7, 11) is -3.25. The van der Waals surface area contributed by atoms with Crippen molar-refractivity contribution in [3.8, 4) is 5.75 Å². The molecule has 0 aliphatic carbocycles. The zero-order valence-corrected chi connectivity index (χ0v) is 17.8. The standard InChI is InChI=1S/C19H15Cl2FN2O5S/c1-29-16-4-2-13(20)7-11(16)6-12-9-23-18(25)10-24(19(12)26)30(27,28)17-5-3-14(21)8-15(17)22/h2-8H,9-10H2,1H3,(H,23,25). The van der Waals surface area contributed by atoms with Crippen LogP contribution in [0.1, 0.15) is 5.56 Å². The van der Waals surface area contributed by atoms with Crippen LogP contribution in [-0.4, -0.2) is 44.7 Å². The number of methoxy groups -OCH3 is 1. The summed E-state index contributed by atoms with van der Waals surface area (Å²) < 4.78 is 45.8. The number of amides is 2. The molecule has 0 radical (unpaired) electrons. The van der Waals surface area contributed by atoms with Gasteiger partial charge in [0.05, 0.1) is 7.11 Å². The minimum atomic E-state index is -4.67. The Kier molecular flexibility index (Phi) is 6.35. The number of carbonyl (C=O) groups excluding carboxylic acids is 2. The van der Waals surface area contributed by atoms with Gasteiger partial charge in [-0.15, -0.1) is 0 Å². The third-order valence-electron chi connectivity index (χ3n) is 4.25. The van der Waals surface area contributed by atoms with Crippen molar-refractivity contribution in [3.05, 3.63) is 63.4 Å². The lowest BCUT2D eigenvalue weighted by atomic mass is 10.1. The lowest BCUT2D eigenvalue weighted by molar-refractivity contribution is -0.127.